The van der Waals surface area contributed by atoms with Gasteiger partial charge in [0.1, 0.15) is 5.60 Å². The van der Waals surface area contributed by atoms with Crippen LogP contribution < -0.4 is 5.73 Å². The van der Waals surface area contributed by atoms with Crippen molar-refractivity contribution in [2.75, 3.05) is 13.1 Å². The summed E-state index contributed by atoms with van der Waals surface area (Å²) < 4.78 is 5.82. The van der Waals surface area contributed by atoms with Crippen LogP contribution >= 0.6 is 0 Å². The fourth-order valence-electron chi connectivity index (χ4n) is 5.08. The summed E-state index contributed by atoms with van der Waals surface area (Å²) in [6, 6.07) is 24.2. The van der Waals surface area contributed by atoms with Crippen LogP contribution in [-0.4, -0.2) is 30.0 Å². The minimum absolute atomic E-state index is 0.0737. The number of rotatable bonds is 6. The summed E-state index contributed by atoms with van der Waals surface area (Å²) in [5.41, 5.74) is 6.67. The normalized spacial score (nSPS) is 20.0. The Labute approximate surface area is 188 Å². The molecule has 0 unspecified atom stereocenters. The summed E-state index contributed by atoms with van der Waals surface area (Å²) in [4.78, 5) is 26.2. The predicted octanol–water partition coefficient (Wildman–Crippen LogP) is 4.97. The number of amides is 2. The van der Waals surface area contributed by atoms with E-state index in [1.807, 2.05) is 72.5 Å². The fourth-order valence-corrected chi connectivity index (χ4v) is 5.08. The molecule has 3 atom stereocenters. The maximum atomic E-state index is 12.4. The Morgan fingerprint density at radius 1 is 1.06 bits per heavy atom. The quantitative estimate of drug-likeness (QED) is 0.564. The van der Waals surface area contributed by atoms with E-state index >= 15 is 0 Å². The number of nitrogens with zero attached hydrogens (tertiary/aromatic N) is 1. The molecule has 5 nitrogen and oxygen atoms in total. The van der Waals surface area contributed by atoms with Gasteiger partial charge in [-0.15, -0.1) is 0 Å². The summed E-state index contributed by atoms with van der Waals surface area (Å²) in [6.07, 6.45) is 1.08. The molecule has 0 bridgehead atoms. The number of ether oxygens (including phenoxy) is 1. The van der Waals surface area contributed by atoms with E-state index in [1.54, 1.807) is 0 Å². The first-order valence-corrected chi connectivity index (χ1v) is 10.8. The van der Waals surface area contributed by atoms with Gasteiger partial charge in [-0.05, 0) is 41.7 Å². The highest BCUT2D eigenvalue weighted by Crippen LogP contribution is 2.43. The van der Waals surface area contributed by atoms with Crippen molar-refractivity contribution in [1.29, 1.82) is 0 Å². The number of likely N-dealkylation sites (tertiary alicyclic amines) is 1. The average Bonchev–Trinajstić information content (AvgIpc) is 3.21. The molecule has 0 radical (unpaired) electrons. The van der Waals surface area contributed by atoms with Crippen molar-refractivity contribution < 1.29 is 14.3 Å². The van der Waals surface area contributed by atoms with Gasteiger partial charge in [0.15, 0.2) is 0 Å². The standard InChI is InChI=1S/C27H28N2O3/c1-3-25(30)29-17-21(23(18-29)20-10-5-4-6-11-20)16-27(2,32-26(28)31)24-15-9-13-19-12-7-8-14-22(19)24/h3-15,21,23H,1,16-18H2,2H3,(H2,28,31)/t21-,23+,27+/m0/s1. The first-order valence-electron chi connectivity index (χ1n) is 10.8. The highest BCUT2D eigenvalue weighted by atomic mass is 16.6. The second-order valence-corrected chi connectivity index (χ2v) is 8.61. The van der Waals surface area contributed by atoms with Crippen LogP contribution in [0.4, 0.5) is 4.79 Å². The molecule has 2 N–H and O–H groups in total. The summed E-state index contributed by atoms with van der Waals surface area (Å²) in [5.74, 6) is 0.103. The Bertz CT molecular complexity index is 1140. The summed E-state index contributed by atoms with van der Waals surface area (Å²) >= 11 is 0. The Kier molecular flexibility index (Phi) is 5.99. The summed E-state index contributed by atoms with van der Waals surface area (Å²) in [7, 11) is 0. The molecule has 0 spiro atoms. The third-order valence-electron chi connectivity index (χ3n) is 6.49. The van der Waals surface area contributed by atoms with Crippen molar-refractivity contribution in [3.63, 3.8) is 0 Å². The van der Waals surface area contributed by atoms with Gasteiger partial charge in [-0.1, -0.05) is 79.4 Å². The molecule has 0 aromatic heterocycles. The van der Waals surface area contributed by atoms with E-state index in [1.165, 1.54) is 6.08 Å². The smallest absolute Gasteiger partial charge is 0.405 e. The molecular weight excluding hydrogens is 400 g/mol. The van der Waals surface area contributed by atoms with Crippen LogP contribution in [0.3, 0.4) is 0 Å². The summed E-state index contributed by atoms with van der Waals surface area (Å²) in [5, 5.41) is 2.09. The zero-order chi connectivity index (χ0) is 22.7. The molecule has 1 fully saturated rings. The molecule has 1 heterocycles. The van der Waals surface area contributed by atoms with E-state index in [4.69, 9.17) is 10.5 Å². The lowest BCUT2D eigenvalue weighted by atomic mass is 9.78. The van der Waals surface area contributed by atoms with E-state index in [9.17, 15) is 9.59 Å². The number of hydrogen-bond acceptors (Lipinski definition) is 3. The minimum Gasteiger partial charge on any atom is -0.438 e. The van der Waals surface area contributed by atoms with Crippen molar-refractivity contribution in [2.45, 2.75) is 24.9 Å². The van der Waals surface area contributed by atoms with Crippen molar-refractivity contribution in [2.24, 2.45) is 11.7 Å². The molecule has 2 amide bonds. The Balaban J connectivity index is 1.75. The molecular formula is C27H28N2O3. The number of carbonyl (C=O) groups is 2. The SMILES string of the molecule is C=CC(=O)N1C[C@H](C[C@@](C)(OC(N)=O)c2cccc3ccccc23)[C@@H](c2ccccc2)C1. The van der Waals surface area contributed by atoms with E-state index in [-0.39, 0.29) is 17.7 Å². The number of primary amides is 1. The van der Waals surface area contributed by atoms with Crippen LogP contribution in [0.5, 0.6) is 0 Å². The second-order valence-electron chi connectivity index (χ2n) is 8.61. The highest BCUT2D eigenvalue weighted by Gasteiger charge is 2.42. The van der Waals surface area contributed by atoms with Gasteiger partial charge in [-0.3, -0.25) is 4.79 Å². The van der Waals surface area contributed by atoms with Crippen molar-refractivity contribution >= 4 is 22.8 Å². The van der Waals surface area contributed by atoms with Crippen LogP contribution in [0, 0.1) is 5.92 Å². The first kappa shape index (κ1) is 21.6. The minimum atomic E-state index is -0.947. The molecule has 1 saturated heterocycles. The van der Waals surface area contributed by atoms with Crippen molar-refractivity contribution in [3.8, 4) is 0 Å². The zero-order valence-electron chi connectivity index (χ0n) is 18.2. The Morgan fingerprint density at radius 2 is 1.75 bits per heavy atom. The van der Waals surface area contributed by atoms with E-state index in [0.29, 0.717) is 19.5 Å². The average molecular weight is 429 g/mol. The van der Waals surface area contributed by atoms with Crippen LogP contribution in [0.15, 0.2) is 85.5 Å². The largest absolute Gasteiger partial charge is 0.438 e. The zero-order valence-corrected chi connectivity index (χ0v) is 18.2. The second kappa shape index (κ2) is 8.87. The van der Waals surface area contributed by atoms with Gasteiger partial charge >= 0.3 is 6.09 Å². The third kappa shape index (κ3) is 4.24. The molecule has 1 aliphatic heterocycles. The molecule has 0 aliphatic carbocycles. The maximum absolute atomic E-state index is 12.4. The Morgan fingerprint density at radius 3 is 2.47 bits per heavy atom. The molecule has 164 valence electrons. The number of nitrogens with two attached hydrogens (primary N) is 1. The van der Waals surface area contributed by atoms with Gasteiger partial charge < -0.3 is 15.4 Å². The van der Waals surface area contributed by atoms with E-state index in [0.717, 1.165) is 21.9 Å². The predicted molar refractivity (Wildman–Crippen MR) is 126 cm³/mol. The van der Waals surface area contributed by atoms with Crippen LogP contribution in [0.25, 0.3) is 10.8 Å². The summed E-state index contributed by atoms with van der Waals surface area (Å²) in [6.45, 7) is 6.72. The van der Waals surface area contributed by atoms with Gasteiger partial charge in [0.2, 0.25) is 5.91 Å². The molecule has 0 saturated carbocycles. The molecule has 3 aromatic rings. The lowest BCUT2D eigenvalue weighted by Crippen LogP contribution is -2.36. The van der Waals surface area contributed by atoms with Gasteiger partial charge in [0, 0.05) is 24.6 Å². The van der Waals surface area contributed by atoms with Gasteiger partial charge in [0.05, 0.1) is 0 Å². The first-order chi connectivity index (χ1) is 15.4. The Hall–Kier alpha value is -3.60. The van der Waals surface area contributed by atoms with Crippen LogP contribution in [-0.2, 0) is 15.1 Å². The molecule has 1 aliphatic rings. The number of benzene rings is 3. The van der Waals surface area contributed by atoms with Crippen molar-refractivity contribution in [3.05, 3.63) is 96.6 Å². The number of hydrogen-bond donors (Lipinski definition) is 1. The maximum Gasteiger partial charge on any atom is 0.405 e. The molecule has 32 heavy (non-hydrogen) atoms. The monoisotopic (exact) mass is 428 g/mol. The third-order valence-corrected chi connectivity index (χ3v) is 6.49. The highest BCUT2D eigenvalue weighted by molar-refractivity contribution is 5.88. The lowest BCUT2D eigenvalue weighted by molar-refractivity contribution is -0.125. The van der Waals surface area contributed by atoms with Crippen molar-refractivity contribution in [1.82, 2.24) is 4.90 Å². The van der Waals surface area contributed by atoms with Crippen LogP contribution in [0.2, 0.25) is 0 Å². The van der Waals surface area contributed by atoms with Gasteiger partial charge in [-0.25, -0.2) is 4.79 Å². The molecule has 3 aromatic carbocycles. The lowest BCUT2D eigenvalue weighted by Gasteiger charge is -2.34. The number of fused-ring (bicyclic) bond motifs is 1. The number of carbonyl (C=O) groups excluding carboxylic acids is 2. The molecule has 5 heteroatoms. The van der Waals surface area contributed by atoms with E-state index < -0.39 is 11.7 Å². The fraction of sp³-hybridized carbons (Fsp3) is 0.259. The van der Waals surface area contributed by atoms with Gasteiger partial charge in [-0.2, -0.15) is 0 Å². The van der Waals surface area contributed by atoms with Crippen LogP contribution in [0.1, 0.15) is 30.4 Å². The topological polar surface area (TPSA) is 72.6 Å². The van der Waals surface area contributed by atoms with Gasteiger partial charge in [0.25, 0.3) is 0 Å². The van der Waals surface area contributed by atoms with E-state index in [2.05, 4.69) is 18.7 Å². The molecule has 4 rings (SSSR count).